The molecule has 0 saturated carbocycles. The van der Waals surface area contributed by atoms with Crippen molar-refractivity contribution in [1.29, 1.82) is 0 Å². The van der Waals surface area contributed by atoms with Crippen molar-refractivity contribution in [3.8, 4) is 5.75 Å². The van der Waals surface area contributed by atoms with Crippen LogP contribution in [0.3, 0.4) is 0 Å². The number of carbonyl (C=O) groups is 4. The lowest BCUT2D eigenvalue weighted by atomic mass is 10.1. The number of H-pyrrole nitrogens is 1. The molecule has 0 radical (unpaired) electrons. The van der Waals surface area contributed by atoms with E-state index in [4.69, 9.17) is 9.47 Å². The SMILES string of the molecule is CNC(=O)C1CN(C(=O)COC(=O)c2[nH]c(C)c(C(C)=O)c2C)c2ccccc2O1. The van der Waals surface area contributed by atoms with E-state index in [1.54, 1.807) is 38.1 Å². The number of amides is 2. The van der Waals surface area contributed by atoms with Crippen LogP contribution in [-0.2, 0) is 14.3 Å². The third kappa shape index (κ3) is 3.91. The summed E-state index contributed by atoms with van der Waals surface area (Å²) in [5.41, 5.74) is 2.10. The number of hydrogen-bond donors (Lipinski definition) is 2. The largest absolute Gasteiger partial charge is 0.477 e. The van der Waals surface area contributed by atoms with Crippen molar-refractivity contribution in [3.05, 3.63) is 46.8 Å². The average Bonchev–Trinajstić information content (AvgIpc) is 3.04. The zero-order valence-corrected chi connectivity index (χ0v) is 17.2. The Morgan fingerprint density at radius 3 is 2.57 bits per heavy atom. The van der Waals surface area contributed by atoms with Crippen LogP contribution >= 0.6 is 0 Å². The molecule has 1 unspecified atom stereocenters. The fraction of sp³-hybridized carbons (Fsp3) is 0.333. The maximum Gasteiger partial charge on any atom is 0.355 e. The normalized spacial score (nSPS) is 15.1. The molecule has 2 N–H and O–H groups in total. The highest BCUT2D eigenvalue weighted by atomic mass is 16.5. The molecule has 1 atom stereocenters. The Balaban J connectivity index is 1.76. The van der Waals surface area contributed by atoms with Gasteiger partial charge in [0.25, 0.3) is 11.8 Å². The molecule has 0 bridgehead atoms. The van der Waals surface area contributed by atoms with Crippen LogP contribution in [-0.4, -0.2) is 54.9 Å². The fourth-order valence-electron chi connectivity index (χ4n) is 3.53. The van der Waals surface area contributed by atoms with Crippen LogP contribution in [0.15, 0.2) is 24.3 Å². The van der Waals surface area contributed by atoms with Gasteiger partial charge in [0.15, 0.2) is 18.5 Å². The van der Waals surface area contributed by atoms with Crippen molar-refractivity contribution in [3.63, 3.8) is 0 Å². The Morgan fingerprint density at radius 2 is 1.93 bits per heavy atom. The number of aromatic amines is 1. The number of nitrogens with one attached hydrogen (secondary N) is 2. The topological polar surface area (TPSA) is 118 Å². The molecule has 1 aliphatic rings. The molecule has 1 aromatic heterocycles. The quantitative estimate of drug-likeness (QED) is 0.567. The zero-order chi connectivity index (χ0) is 22.0. The molecule has 0 saturated heterocycles. The van der Waals surface area contributed by atoms with Crippen LogP contribution in [0.2, 0.25) is 0 Å². The lowest BCUT2D eigenvalue weighted by Crippen LogP contribution is -2.51. The highest BCUT2D eigenvalue weighted by Crippen LogP contribution is 2.33. The lowest BCUT2D eigenvalue weighted by molar-refractivity contribution is -0.128. The van der Waals surface area contributed by atoms with E-state index in [0.717, 1.165) is 0 Å². The molecule has 1 aromatic carbocycles. The standard InChI is InChI=1S/C21H23N3O6/c1-11-18(13(3)25)12(2)23-19(11)21(28)29-10-17(26)24-9-16(20(27)22-4)30-15-8-6-5-7-14(15)24/h5-8,16,23H,9-10H2,1-4H3,(H,22,27). The number of aryl methyl sites for hydroxylation is 1. The van der Waals surface area contributed by atoms with Gasteiger partial charge in [-0.1, -0.05) is 12.1 Å². The van der Waals surface area contributed by atoms with Crippen LogP contribution < -0.4 is 15.0 Å². The maximum atomic E-state index is 12.8. The fourth-order valence-corrected chi connectivity index (χ4v) is 3.53. The van der Waals surface area contributed by atoms with Gasteiger partial charge in [-0.2, -0.15) is 0 Å². The maximum absolute atomic E-state index is 12.8. The molecule has 9 heteroatoms. The Kier molecular flexibility index (Phi) is 5.91. The number of anilines is 1. The van der Waals surface area contributed by atoms with E-state index in [9.17, 15) is 19.2 Å². The summed E-state index contributed by atoms with van der Waals surface area (Å²) in [4.78, 5) is 53.3. The van der Waals surface area contributed by atoms with Gasteiger partial charge in [0.05, 0.1) is 12.2 Å². The first kappa shape index (κ1) is 21.1. The Hall–Kier alpha value is -3.62. The summed E-state index contributed by atoms with van der Waals surface area (Å²) in [6, 6.07) is 6.82. The summed E-state index contributed by atoms with van der Waals surface area (Å²) in [7, 11) is 1.48. The lowest BCUT2D eigenvalue weighted by Gasteiger charge is -2.33. The van der Waals surface area contributed by atoms with Crippen molar-refractivity contribution in [1.82, 2.24) is 10.3 Å². The number of esters is 1. The van der Waals surface area contributed by atoms with Crippen LogP contribution in [0, 0.1) is 13.8 Å². The van der Waals surface area contributed by atoms with Crippen molar-refractivity contribution in [2.75, 3.05) is 25.1 Å². The number of hydrogen-bond acceptors (Lipinski definition) is 6. The van der Waals surface area contributed by atoms with E-state index in [2.05, 4.69) is 10.3 Å². The van der Waals surface area contributed by atoms with Crippen LogP contribution in [0.4, 0.5) is 5.69 Å². The summed E-state index contributed by atoms with van der Waals surface area (Å²) >= 11 is 0. The van der Waals surface area contributed by atoms with Gasteiger partial charge in [-0.15, -0.1) is 0 Å². The number of likely N-dealkylation sites (N-methyl/N-ethyl adjacent to an activating group) is 1. The van der Waals surface area contributed by atoms with Crippen molar-refractivity contribution in [2.45, 2.75) is 26.9 Å². The van der Waals surface area contributed by atoms with E-state index < -0.39 is 24.6 Å². The summed E-state index contributed by atoms with van der Waals surface area (Å²) < 4.78 is 10.9. The van der Waals surface area contributed by atoms with Gasteiger partial charge in [-0.05, 0) is 38.5 Å². The van der Waals surface area contributed by atoms with Crippen molar-refractivity contribution in [2.24, 2.45) is 0 Å². The van der Waals surface area contributed by atoms with E-state index in [-0.39, 0.29) is 23.9 Å². The second kappa shape index (κ2) is 8.40. The third-order valence-corrected chi connectivity index (χ3v) is 4.93. The molecule has 3 rings (SSSR count). The highest BCUT2D eigenvalue weighted by Gasteiger charge is 2.34. The molecule has 1 aliphatic heterocycles. The molecule has 2 aromatic rings. The number of carbonyl (C=O) groups excluding carboxylic acids is 4. The summed E-state index contributed by atoms with van der Waals surface area (Å²) in [6.07, 6.45) is -0.879. The third-order valence-electron chi connectivity index (χ3n) is 4.93. The van der Waals surface area contributed by atoms with Gasteiger partial charge >= 0.3 is 5.97 Å². The zero-order valence-electron chi connectivity index (χ0n) is 17.2. The van der Waals surface area contributed by atoms with Crippen LogP contribution in [0.25, 0.3) is 0 Å². The summed E-state index contributed by atoms with van der Waals surface area (Å²) in [6.45, 7) is 4.21. The minimum Gasteiger partial charge on any atom is -0.477 e. The van der Waals surface area contributed by atoms with Gasteiger partial charge in [0, 0.05) is 18.3 Å². The predicted molar refractivity (Wildman–Crippen MR) is 108 cm³/mol. The minimum atomic E-state index is -0.879. The number of aromatic nitrogens is 1. The van der Waals surface area contributed by atoms with Gasteiger partial charge in [-0.3, -0.25) is 14.4 Å². The average molecular weight is 413 g/mol. The van der Waals surface area contributed by atoms with Gasteiger partial charge in [0.1, 0.15) is 11.4 Å². The molecule has 30 heavy (non-hydrogen) atoms. The second-order valence-corrected chi connectivity index (χ2v) is 6.95. The second-order valence-electron chi connectivity index (χ2n) is 6.95. The van der Waals surface area contributed by atoms with Gasteiger partial charge in [-0.25, -0.2) is 4.79 Å². The number of rotatable bonds is 5. The van der Waals surface area contributed by atoms with Crippen molar-refractivity contribution >= 4 is 29.3 Å². The monoisotopic (exact) mass is 413 g/mol. The number of ether oxygens (including phenoxy) is 2. The Morgan fingerprint density at radius 1 is 1.23 bits per heavy atom. The highest BCUT2D eigenvalue weighted by molar-refractivity contribution is 6.02. The molecule has 0 spiro atoms. The first-order valence-corrected chi connectivity index (χ1v) is 9.39. The molecule has 9 nitrogen and oxygen atoms in total. The molecule has 2 heterocycles. The van der Waals surface area contributed by atoms with E-state index in [1.807, 2.05) is 0 Å². The molecule has 158 valence electrons. The van der Waals surface area contributed by atoms with Crippen molar-refractivity contribution < 1.29 is 28.7 Å². The number of ketones is 1. The first-order chi connectivity index (χ1) is 14.2. The molecule has 0 aliphatic carbocycles. The number of fused-ring (bicyclic) bond motifs is 1. The predicted octanol–water partition coefficient (Wildman–Crippen LogP) is 1.53. The Labute approximate surface area is 173 Å². The van der Waals surface area contributed by atoms with Crippen LogP contribution in [0.1, 0.15) is 39.0 Å². The van der Waals surface area contributed by atoms with Crippen LogP contribution in [0.5, 0.6) is 5.75 Å². The molecular weight excluding hydrogens is 390 g/mol. The van der Waals surface area contributed by atoms with E-state index in [1.165, 1.54) is 18.9 Å². The Bertz CT molecular complexity index is 1030. The van der Waals surface area contributed by atoms with Gasteiger partial charge < -0.3 is 24.7 Å². The summed E-state index contributed by atoms with van der Waals surface area (Å²) in [5, 5.41) is 2.50. The smallest absolute Gasteiger partial charge is 0.355 e. The molecular formula is C21H23N3O6. The van der Waals surface area contributed by atoms with E-state index >= 15 is 0 Å². The number of para-hydroxylation sites is 2. The molecule has 0 fully saturated rings. The van der Waals surface area contributed by atoms with Gasteiger partial charge in [0.2, 0.25) is 0 Å². The van der Waals surface area contributed by atoms with E-state index in [0.29, 0.717) is 28.3 Å². The first-order valence-electron chi connectivity index (χ1n) is 9.39. The minimum absolute atomic E-state index is 0.0117. The number of nitrogens with zero attached hydrogens (tertiary/aromatic N) is 1. The molecule has 2 amide bonds. The number of benzene rings is 1. The summed E-state index contributed by atoms with van der Waals surface area (Å²) in [5.74, 6) is -1.38. The number of Topliss-reactive ketones (excluding diaryl/α,β-unsaturated/α-hetero) is 1.